The van der Waals surface area contributed by atoms with Crippen LogP contribution in [0.2, 0.25) is 0 Å². The van der Waals surface area contributed by atoms with Crippen LogP contribution in [0.3, 0.4) is 0 Å². The standard InChI is InChI=1S/C20H21NO5/c1-25-17-8-5-9-18(26-2)15(17)11-19(22)21-12-14-7-4-3-6-13(14)10-16(21)20(23)24/h3-9,16H,10-12H2,1-2H3,(H,23,24). The average molecular weight is 355 g/mol. The van der Waals surface area contributed by atoms with Crippen LogP contribution in [0.15, 0.2) is 42.5 Å². The highest BCUT2D eigenvalue weighted by atomic mass is 16.5. The zero-order chi connectivity index (χ0) is 18.7. The van der Waals surface area contributed by atoms with Gasteiger partial charge in [0.25, 0.3) is 0 Å². The largest absolute Gasteiger partial charge is 0.496 e. The van der Waals surface area contributed by atoms with Crippen LogP contribution in [0.4, 0.5) is 0 Å². The quantitative estimate of drug-likeness (QED) is 0.891. The summed E-state index contributed by atoms with van der Waals surface area (Å²) in [6.45, 7) is 0.281. The number of aliphatic carboxylic acids is 1. The Hall–Kier alpha value is -3.02. The van der Waals surface area contributed by atoms with E-state index in [1.165, 1.54) is 19.1 Å². The lowest BCUT2D eigenvalue weighted by molar-refractivity contribution is -0.151. The second-order valence-electron chi connectivity index (χ2n) is 6.17. The highest BCUT2D eigenvalue weighted by Gasteiger charge is 2.34. The van der Waals surface area contributed by atoms with Crippen molar-refractivity contribution in [3.63, 3.8) is 0 Å². The molecular weight excluding hydrogens is 334 g/mol. The molecule has 1 aliphatic heterocycles. The number of benzene rings is 2. The maximum Gasteiger partial charge on any atom is 0.326 e. The maximum absolute atomic E-state index is 13.0. The van der Waals surface area contributed by atoms with Gasteiger partial charge in [0.05, 0.1) is 20.6 Å². The Balaban J connectivity index is 1.91. The Labute approximate surface area is 152 Å². The molecule has 0 aliphatic carbocycles. The first kappa shape index (κ1) is 17.8. The number of ether oxygens (including phenoxy) is 2. The van der Waals surface area contributed by atoms with Crippen molar-refractivity contribution in [2.75, 3.05) is 14.2 Å². The number of hydrogen-bond donors (Lipinski definition) is 1. The number of carbonyl (C=O) groups excluding carboxylic acids is 1. The van der Waals surface area contributed by atoms with Gasteiger partial charge in [0.2, 0.25) is 5.91 Å². The number of amides is 1. The summed E-state index contributed by atoms with van der Waals surface area (Å²) in [6, 6.07) is 12.0. The molecule has 0 radical (unpaired) electrons. The molecule has 26 heavy (non-hydrogen) atoms. The van der Waals surface area contributed by atoms with Crippen molar-refractivity contribution >= 4 is 11.9 Å². The highest BCUT2D eigenvalue weighted by Crippen LogP contribution is 2.31. The minimum Gasteiger partial charge on any atom is -0.496 e. The minimum absolute atomic E-state index is 0.0130. The van der Waals surface area contributed by atoms with Crippen LogP contribution in [0.5, 0.6) is 11.5 Å². The summed E-state index contributed by atoms with van der Waals surface area (Å²) in [4.78, 5) is 26.1. The van der Waals surface area contributed by atoms with Gasteiger partial charge in [-0.3, -0.25) is 4.79 Å². The second-order valence-corrected chi connectivity index (χ2v) is 6.17. The van der Waals surface area contributed by atoms with Crippen LogP contribution in [0.1, 0.15) is 16.7 Å². The van der Waals surface area contributed by atoms with E-state index in [2.05, 4.69) is 0 Å². The van der Waals surface area contributed by atoms with Gasteiger partial charge in [-0.2, -0.15) is 0 Å². The van der Waals surface area contributed by atoms with Gasteiger partial charge in [-0.15, -0.1) is 0 Å². The zero-order valence-corrected chi connectivity index (χ0v) is 14.8. The molecule has 1 amide bonds. The molecule has 0 spiro atoms. The summed E-state index contributed by atoms with van der Waals surface area (Å²) in [5, 5.41) is 9.61. The summed E-state index contributed by atoms with van der Waals surface area (Å²) in [5.74, 6) is -0.182. The van der Waals surface area contributed by atoms with Crippen molar-refractivity contribution in [3.05, 3.63) is 59.2 Å². The zero-order valence-electron chi connectivity index (χ0n) is 14.8. The van der Waals surface area contributed by atoms with E-state index in [0.717, 1.165) is 11.1 Å². The van der Waals surface area contributed by atoms with Gasteiger partial charge in [0.1, 0.15) is 17.5 Å². The van der Waals surface area contributed by atoms with Crippen molar-refractivity contribution in [1.82, 2.24) is 4.90 Å². The number of carboxylic acid groups (broad SMARTS) is 1. The number of hydrogen-bond acceptors (Lipinski definition) is 4. The molecule has 1 heterocycles. The van der Waals surface area contributed by atoms with E-state index >= 15 is 0 Å². The van der Waals surface area contributed by atoms with E-state index in [0.29, 0.717) is 23.5 Å². The maximum atomic E-state index is 13.0. The summed E-state index contributed by atoms with van der Waals surface area (Å²) < 4.78 is 10.7. The van der Waals surface area contributed by atoms with E-state index in [-0.39, 0.29) is 18.9 Å². The van der Waals surface area contributed by atoms with Gasteiger partial charge in [-0.1, -0.05) is 30.3 Å². The van der Waals surface area contributed by atoms with Gasteiger partial charge < -0.3 is 19.5 Å². The molecule has 136 valence electrons. The van der Waals surface area contributed by atoms with Crippen molar-refractivity contribution < 1.29 is 24.2 Å². The average Bonchev–Trinajstić information content (AvgIpc) is 2.66. The molecule has 2 aromatic rings. The Morgan fingerprint density at radius 3 is 2.23 bits per heavy atom. The Morgan fingerprint density at radius 2 is 1.65 bits per heavy atom. The number of carbonyl (C=O) groups is 2. The number of carboxylic acids is 1. The van der Waals surface area contributed by atoms with E-state index in [9.17, 15) is 14.7 Å². The number of methoxy groups -OCH3 is 2. The lowest BCUT2D eigenvalue weighted by Gasteiger charge is -2.34. The van der Waals surface area contributed by atoms with Crippen LogP contribution in [-0.4, -0.2) is 42.1 Å². The Morgan fingerprint density at radius 1 is 1.04 bits per heavy atom. The summed E-state index contributed by atoms with van der Waals surface area (Å²) in [7, 11) is 3.06. The normalized spacial score (nSPS) is 15.9. The first-order valence-corrected chi connectivity index (χ1v) is 8.34. The third-order valence-corrected chi connectivity index (χ3v) is 4.71. The van der Waals surface area contributed by atoms with E-state index in [4.69, 9.17) is 9.47 Å². The van der Waals surface area contributed by atoms with Gasteiger partial charge in [-0.05, 0) is 23.3 Å². The fourth-order valence-electron chi connectivity index (χ4n) is 3.36. The van der Waals surface area contributed by atoms with Gasteiger partial charge in [-0.25, -0.2) is 4.79 Å². The van der Waals surface area contributed by atoms with Crippen LogP contribution < -0.4 is 9.47 Å². The summed E-state index contributed by atoms with van der Waals surface area (Å²) in [5.41, 5.74) is 2.56. The predicted octanol–water partition coefficient (Wildman–Crippen LogP) is 2.28. The Kier molecular flexibility index (Phi) is 5.11. The van der Waals surface area contributed by atoms with E-state index in [1.807, 2.05) is 24.3 Å². The second kappa shape index (κ2) is 7.47. The third-order valence-electron chi connectivity index (χ3n) is 4.71. The molecule has 0 saturated carbocycles. The van der Waals surface area contributed by atoms with Crippen LogP contribution in [-0.2, 0) is 29.0 Å². The van der Waals surface area contributed by atoms with E-state index in [1.54, 1.807) is 18.2 Å². The van der Waals surface area contributed by atoms with Crippen molar-refractivity contribution in [2.45, 2.75) is 25.4 Å². The molecule has 3 rings (SSSR count). The summed E-state index contributed by atoms with van der Waals surface area (Å²) >= 11 is 0. The number of nitrogens with zero attached hydrogens (tertiary/aromatic N) is 1. The lowest BCUT2D eigenvalue weighted by atomic mass is 9.93. The topological polar surface area (TPSA) is 76.1 Å². The molecule has 1 N–H and O–H groups in total. The SMILES string of the molecule is COc1cccc(OC)c1CC(=O)N1Cc2ccccc2CC1C(=O)O. The fraction of sp³-hybridized carbons (Fsp3) is 0.300. The molecule has 0 fully saturated rings. The number of fused-ring (bicyclic) bond motifs is 1. The Bertz CT molecular complexity index is 810. The molecular formula is C20H21NO5. The van der Waals surface area contributed by atoms with Gasteiger partial charge in [0.15, 0.2) is 0 Å². The van der Waals surface area contributed by atoms with Gasteiger partial charge in [0, 0.05) is 18.5 Å². The monoisotopic (exact) mass is 355 g/mol. The van der Waals surface area contributed by atoms with Crippen LogP contribution in [0.25, 0.3) is 0 Å². The lowest BCUT2D eigenvalue weighted by Crippen LogP contribution is -2.49. The first-order valence-electron chi connectivity index (χ1n) is 8.34. The van der Waals surface area contributed by atoms with Gasteiger partial charge >= 0.3 is 5.97 Å². The van der Waals surface area contributed by atoms with Crippen molar-refractivity contribution in [2.24, 2.45) is 0 Å². The molecule has 1 aliphatic rings. The van der Waals surface area contributed by atoms with Crippen LogP contribution in [0, 0.1) is 0 Å². The van der Waals surface area contributed by atoms with Crippen molar-refractivity contribution in [1.29, 1.82) is 0 Å². The van der Waals surface area contributed by atoms with E-state index < -0.39 is 12.0 Å². The minimum atomic E-state index is -1.00. The molecule has 0 aromatic heterocycles. The highest BCUT2D eigenvalue weighted by molar-refractivity contribution is 5.86. The van der Waals surface area contributed by atoms with Crippen LogP contribution >= 0.6 is 0 Å². The fourth-order valence-corrected chi connectivity index (χ4v) is 3.36. The third kappa shape index (κ3) is 3.35. The molecule has 0 bridgehead atoms. The smallest absolute Gasteiger partial charge is 0.326 e. The first-order chi connectivity index (χ1) is 12.5. The predicted molar refractivity (Wildman–Crippen MR) is 95.4 cm³/mol. The van der Waals surface area contributed by atoms with Crippen molar-refractivity contribution in [3.8, 4) is 11.5 Å². The molecule has 2 aromatic carbocycles. The molecule has 6 nitrogen and oxygen atoms in total. The molecule has 0 saturated heterocycles. The molecule has 1 atom stereocenters. The summed E-state index contributed by atoms with van der Waals surface area (Å²) in [6.07, 6.45) is 0.319. The molecule has 1 unspecified atom stereocenters. The molecule has 6 heteroatoms. The number of rotatable bonds is 5.